The maximum atomic E-state index is 12.7. The van der Waals surface area contributed by atoms with Gasteiger partial charge in [-0.05, 0) is 49.9 Å². The van der Waals surface area contributed by atoms with Crippen LogP contribution in [-0.2, 0) is 0 Å². The first-order chi connectivity index (χ1) is 10.1. The van der Waals surface area contributed by atoms with Crippen LogP contribution in [0.25, 0.3) is 0 Å². The fraction of sp³-hybridized carbons (Fsp3) is 0.944. The SMILES string of the molecule is CC(O)CC(C)(C)CNC(=O)N1CCC(C)CCC1C(C)C. The van der Waals surface area contributed by atoms with E-state index in [1.54, 1.807) is 6.92 Å². The summed E-state index contributed by atoms with van der Waals surface area (Å²) in [5.41, 5.74) is -0.0870. The van der Waals surface area contributed by atoms with Gasteiger partial charge in [0.05, 0.1) is 6.10 Å². The third kappa shape index (κ3) is 6.15. The number of aliphatic hydroxyl groups is 1. The zero-order valence-corrected chi connectivity index (χ0v) is 15.4. The number of likely N-dealkylation sites (tertiary alicyclic amines) is 1. The molecule has 1 aliphatic rings. The summed E-state index contributed by atoms with van der Waals surface area (Å²) in [6, 6.07) is 0.399. The Morgan fingerprint density at radius 1 is 1.27 bits per heavy atom. The molecule has 0 aromatic heterocycles. The van der Waals surface area contributed by atoms with Gasteiger partial charge in [-0.25, -0.2) is 4.79 Å². The molecule has 0 saturated carbocycles. The van der Waals surface area contributed by atoms with E-state index in [-0.39, 0.29) is 17.6 Å². The predicted octanol–water partition coefficient (Wildman–Crippen LogP) is 3.64. The molecule has 0 aliphatic carbocycles. The van der Waals surface area contributed by atoms with E-state index in [4.69, 9.17) is 0 Å². The molecule has 3 unspecified atom stereocenters. The van der Waals surface area contributed by atoms with Crippen LogP contribution >= 0.6 is 0 Å². The molecule has 1 saturated heterocycles. The first-order valence-corrected chi connectivity index (χ1v) is 8.85. The highest BCUT2D eigenvalue weighted by Gasteiger charge is 2.30. The van der Waals surface area contributed by atoms with Crippen molar-refractivity contribution >= 4 is 6.03 Å². The lowest BCUT2D eigenvalue weighted by molar-refractivity contribution is 0.122. The third-order valence-electron chi connectivity index (χ3n) is 4.81. The molecular formula is C18H36N2O2. The highest BCUT2D eigenvalue weighted by molar-refractivity contribution is 5.74. The maximum absolute atomic E-state index is 12.7. The number of nitrogens with zero attached hydrogens (tertiary/aromatic N) is 1. The summed E-state index contributed by atoms with van der Waals surface area (Å²) in [6.07, 6.45) is 3.75. The minimum Gasteiger partial charge on any atom is -0.393 e. The largest absolute Gasteiger partial charge is 0.393 e. The van der Waals surface area contributed by atoms with Crippen molar-refractivity contribution in [3.05, 3.63) is 0 Å². The number of carbonyl (C=O) groups is 1. The third-order valence-corrected chi connectivity index (χ3v) is 4.81. The molecule has 2 amide bonds. The molecule has 1 aliphatic heterocycles. The van der Waals surface area contributed by atoms with Gasteiger partial charge in [0.1, 0.15) is 0 Å². The molecule has 22 heavy (non-hydrogen) atoms. The molecule has 130 valence electrons. The number of hydrogen-bond donors (Lipinski definition) is 2. The fourth-order valence-electron chi connectivity index (χ4n) is 3.51. The van der Waals surface area contributed by atoms with E-state index in [1.165, 1.54) is 6.42 Å². The molecule has 0 spiro atoms. The Morgan fingerprint density at radius 3 is 2.45 bits per heavy atom. The van der Waals surface area contributed by atoms with Crippen LogP contribution < -0.4 is 5.32 Å². The zero-order valence-electron chi connectivity index (χ0n) is 15.4. The average Bonchev–Trinajstić information content (AvgIpc) is 2.56. The summed E-state index contributed by atoms with van der Waals surface area (Å²) >= 11 is 0. The zero-order chi connectivity index (χ0) is 16.9. The van der Waals surface area contributed by atoms with Gasteiger partial charge >= 0.3 is 6.03 Å². The number of aliphatic hydroxyl groups excluding tert-OH is 1. The van der Waals surface area contributed by atoms with Gasteiger partial charge in [-0.1, -0.05) is 34.6 Å². The Labute approximate surface area is 136 Å². The molecule has 0 aromatic rings. The smallest absolute Gasteiger partial charge is 0.317 e. The normalized spacial score (nSPS) is 25.0. The number of carbonyl (C=O) groups excluding carboxylic acids is 1. The maximum Gasteiger partial charge on any atom is 0.317 e. The lowest BCUT2D eigenvalue weighted by Gasteiger charge is -2.34. The van der Waals surface area contributed by atoms with Crippen molar-refractivity contribution in [2.24, 2.45) is 17.3 Å². The first kappa shape index (κ1) is 19.3. The van der Waals surface area contributed by atoms with Gasteiger partial charge in [-0.3, -0.25) is 0 Å². The van der Waals surface area contributed by atoms with Crippen LogP contribution in [0.3, 0.4) is 0 Å². The molecule has 0 aromatic carbocycles. The molecule has 1 rings (SSSR count). The van der Waals surface area contributed by atoms with Crippen molar-refractivity contribution in [2.45, 2.75) is 79.4 Å². The lowest BCUT2D eigenvalue weighted by Crippen LogP contribution is -2.50. The van der Waals surface area contributed by atoms with E-state index in [2.05, 4.69) is 39.9 Å². The second-order valence-electron chi connectivity index (χ2n) is 8.35. The van der Waals surface area contributed by atoms with Gasteiger partial charge in [0.25, 0.3) is 0 Å². The van der Waals surface area contributed by atoms with Gasteiger partial charge in [-0.15, -0.1) is 0 Å². The van der Waals surface area contributed by atoms with Crippen LogP contribution in [0.4, 0.5) is 4.79 Å². The highest BCUT2D eigenvalue weighted by Crippen LogP contribution is 2.26. The van der Waals surface area contributed by atoms with Crippen LogP contribution in [-0.4, -0.2) is 41.3 Å². The first-order valence-electron chi connectivity index (χ1n) is 8.85. The van der Waals surface area contributed by atoms with E-state index < -0.39 is 0 Å². The van der Waals surface area contributed by atoms with Crippen LogP contribution in [0.1, 0.15) is 67.2 Å². The molecular weight excluding hydrogens is 276 g/mol. The van der Waals surface area contributed by atoms with E-state index in [0.29, 0.717) is 30.8 Å². The van der Waals surface area contributed by atoms with E-state index in [0.717, 1.165) is 19.4 Å². The molecule has 4 heteroatoms. The minimum atomic E-state index is -0.339. The Bertz CT molecular complexity index is 353. The summed E-state index contributed by atoms with van der Waals surface area (Å²) in [6.45, 7) is 14.1. The number of urea groups is 1. The summed E-state index contributed by atoms with van der Waals surface area (Å²) in [5.74, 6) is 1.19. The Kier molecular flexibility index (Phi) is 7.17. The van der Waals surface area contributed by atoms with Gasteiger partial charge in [0.2, 0.25) is 0 Å². The van der Waals surface area contributed by atoms with Gasteiger partial charge in [0.15, 0.2) is 0 Å². The Hall–Kier alpha value is -0.770. The van der Waals surface area contributed by atoms with Crippen molar-refractivity contribution in [3.8, 4) is 0 Å². The van der Waals surface area contributed by atoms with Crippen molar-refractivity contribution in [3.63, 3.8) is 0 Å². The Morgan fingerprint density at radius 2 is 1.91 bits per heavy atom. The fourth-order valence-corrected chi connectivity index (χ4v) is 3.51. The van der Waals surface area contributed by atoms with Crippen molar-refractivity contribution in [1.29, 1.82) is 0 Å². The van der Waals surface area contributed by atoms with Crippen molar-refractivity contribution < 1.29 is 9.90 Å². The van der Waals surface area contributed by atoms with Gasteiger partial charge in [0, 0.05) is 19.1 Å². The summed E-state index contributed by atoms with van der Waals surface area (Å²) in [5, 5.41) is 12.7. The molecule has 3 atom stereocenters. The standard InChI is InChI=1S/C18H36N2O2/c1-13(2)16-8-7-14(3)9-10-20(16)17(22)19-12-18(5,6)11-15(4)21/h13-16,21H,7-12H2,1-6H3,(H,19,22). The molecule has 0 radical (unpaired) electrons. The highest BCUT2D eigenvalue weighted by atomic mass is 16.3. The Balaban J connectivity index is 2.64. The second-order valence-corrected chi connectivity index (χ2v) is 8.35. The van der Waals surface area contributed by atoms with E-state index in [9.17, 15) is 9.90 Å². The summed E-state index contributed by atoms with van der Waals surface area (Å²) in [4.78, 5) is 14.7. The topological polar surface area (TPSA) is 52.6 Å². The second kappa shape index (κ2) is 8.19. The monoisotopic (exact) mass is 312 g/mol. The molecule has 1 fully saturated rings. The summed E-state index contributed by atoms with van der Waals surface area (Å²) < 4.78 is 0. The number of nitrogens with one attached hydrogen (secondary N) is 1. The molecule has 4 nitrogen and oxygen atoms in total. The predicted molar refractivity (Wildman–Crippen MR) is 91.8 cm³/mol. The van der Waals surface area contributed by atoms with E-state index >= 15 is 0 Å². The number of amides is 2. The van der Waals surface area contributed by atoms with Crippen molar-refractivity contribution in [1.82, 2.24) is 10.2 Å². The quantitative estimate of drug-likeness (QED) is 0.814. The average molecular weight is 312 g/mol. The van der Waals surface area contributed by atoms with Crippen LogP contribution in [0.5, 0.6) is 0 Å². The van der Waals surface area contributed by atoms with E-state index in [1.807, 2.05) is 4.90 Å². The number of hydrogen-bond acceptors (Lipinski definition) is 2. The van der Waals surface area contributed by atoms with Gasteiger partial charge < -0.3 is 15.3 Å². The molecule has 0 bridgehead atoms. The summed E-state index contributed by atoms with van der Waals surface area (Å²) in [7, 11) is 0. The van der Waals surface area contributed by atoms with Crippen LogP contribution in [0.15, 0.2) is 0 Å². The van der Waals surface area contributed by atoms with Crippen LogP contribution in [0.2, 0.25) is 0 Å². The van der Waals surface area contributed by atoms with Gasteiger partial charge in [-0.2, -0.15) is 0 Å². The van der Waals surface area contributed by atoms with Crippen LogP contribution in [0, 0.1) is 17.3 Å². The molecule has 2 N–H and O–H groups in total. The minimum absolute atomic E-state index is 0.0615. The van der Waals surface area contributed by atoms with Crippen molar-refractivity contribution in [2.75, 3.05) is 13.1 Å². The number of rotatable bonds is 5. The lowest BCUT2D eigenvalue weighted by atomic mass is 9.87. The molecule has 1 heterocycles.